The molecule has 0 radical (unpaired) electrons. The second-order valence-electron chi connectivity index (χ2n) is 4.89. The molecule has 1 aliphatic carbocycles. The standard InChI is InChI=1S/C13H19N3O/c1-14-12-8-10(4-6-15-12)16-11-5-7-17-13(11)9-2-3-9/h4,6,8-9,11,13H,2-3,5,7H2,1H3,(H2,14,15,16). The number of hydrogen-bond donors (Lipinski definition) is 2. The fraction of sp³-hybridized carbons (Fsp3) is 0.615. The van der Waals surface area contributed by atoms with Gasteiger partial charge >= 0.3 is 0 Å². The van der Waals surface area contributed by atoms with E-state index in [4.69, 9.17) is 4.74 Å². The number of aromatic nitrogens is 1. The average molecular weight is 233 g/mol. The monoisotopic (exact) mass is 233 g/mol. The van der Waals surface area contributed by atoms with Gasteiger partial charge in [0.2, 0.25) is 0 Å². The zero-order chi connectivity index (χ0) is 11.7. The molecule has 1 saturated heterocycles. The lowest BCUT2D eigenvalue weighted by Crippen LogP contribution is -2.30. The molecule has 2 unspecified atom stereocenters. The third-order valence-corrected chi connectivity index (χ3v) is 3.59. The summed E-state index contributed by atoms with van der Waals surface area (Å²) in [5, 5.41) is 6.64. The summed E-state index contributed by atoms with van der Waals surface area (Å²) in [4.78, 5) is 4.22. The zero-order valence-corrected chi connectivity index (χ0v) is 10.1. The second kappa shape index (κ2) is 4.53. The molecule has 4 heteroatoms. The number of pyridine rings is 1. The predicted octanol–water partition coefficient (Wildman–Crippen LogP) is 2.10. The van der Waals surface area contributed by atoms with Crippen LogP contribution in [0.15, 0.2) is 18.3 Å². The number of nitrogens with zero attached hydrogens (tertiary/aromatic N) is 1. The van der Waals surface area contributed by atoms with Gasteiger partial charge in [0, 0.05) is 31.6 Å². The Kier molecular flexibility index (Phi) is 2.89. The van der Waals surface area contributed by atoms with Crippen molar-refractivity contribution in [3.8, 4) is 0 Å². The first-order valence-electron chi connectivity index (χ1n) is 6.39. The summed E-state index contributed by atoms with van der Waals surface area (Å²) in [6.07, 6.45) is 6.03. The van der Waals surface area contributed by atoms with Crippen LogP contribution in [0.2, 0.25) is 0 Å². The quantitative estimate of drug-likeness (QED) is 0.836. The smallest absolute Gasteiger partial charge is 0.127 e. The maximum atomic E-state index is 5.82. The Morgan fingerprint density at radius 3 is 3.00 bits per heavy atom. The number of anilines is 2. The molecule has 1 aromatic heterocycles. The van der Waals surface area contributed by atoms with Crippen LogP contribution in [0.5, 0.6) is 0 Å². The molecule has 2 aliphatic rings. The van der Waals surface area contributed by atoms with E-state index in [-0.39, 0.29) is 0 Å². The van der Waals surface area contributed by atoms with Crippen LogP contribution in [0, 0.1) is 5.92 Å². The second-order valence-corrected chi connectivity index (χ2v) is 4.89. The van der Waals surface area contributed by atoms with Crippen molar-refractivity contribution in [2.75, 3.05) is 24.3 Å². The zero-order valence-electron chi connectivity index (χ0n) is 10.1. The van der Waals surface area contributed by atoms with Crippen LogP contribution in [-0.2, 0) is 4.74 Å². The summed E-state index contributed by atoms with van der Waals surface area (Å²) < 4.78 is 5.82. The molecule has 17 heavy (non-hydrogen) atoms. The molecule has 2 fully saturated rings. The van der Waals surface area contributed by atoms with Gasteiger partial charge in [-0.25, -0.2) is 4.98 Å². The van der Waals surface area contributed by atoms with Gasteiger partial charge in [0.05, 0.1) is 12.1 Å². The molecule has 0 aromatic carbocycles. The van der Waals surface area contributed by atoms with Crippen molar-refractivity contribution >= 4 is 11.5 Å². The summed E-state index contributed by atoms with van der Waals surface area (Å²) in [5.74, 6) is 1.69. The number of rotatable bonds is 4. The van der Waals surface area contributed by atoms with E-state index in [0.29, 0.717) is 12.1 Å². The molecule has 2 heterocycles. The molecule has 0 amide bonds. The van der Waals surface area contributed by atoms with Crippen LogP contribution < -0.4 is 10.6 Å². The number of hydrogen-bond acceptors (Lipinski definition) is 4. The molecule has 4 nitrogen and oxygen atoms in total. The van der Waals surface area contributed by atoms with Crippen molar-refractivity contribution in [2.24, 2.45) is 5.92 Å². The SMILES string of the molecule is CNc1cc(NC2CCOC2C2CC2)ccn1. The van der Waals surface area contributed by atoms with E-state index < -0.39 is 0 Å². The van der Waals surface area contributed by atoms with E-state index in [1.54, 1.807) is 0 Å². The largest absolute Gasteiger partial charge is 0.379 e. The summed E-state index contributed by atoms with van der Waals surface area (Å²) in [6.45, 7) is 0.892. The molecule has 3 rings (SSSR count). The Labute approximate surface area is 102 Å². The van der Waals surface area contributed by atoms with E-state index in [9.17, 15) is 0 Å². The van der Waals surface area contributed by atoms with Crippen LogP contribution in [-0.4, -0.2) is 30.8 Å². The number of ether oxygens (including phenoxy) is 1. The number of nitrogens with one attached hydrogen (secondary N) is 2. The third-order valence-electron chi connectivity index (χ3n) is 3.59. The third kappa shape index (κ3) is 2.36. The molecule has 1 saturated carbocycles. The molecule has 2 N–H and O–H groups in total. The van der Waals surface area contributed by atoms with Gasteiger partial charge in [0.1, 0.15) is 5.82 Å². The lowest BCUT2D eigenvalue weighted by atomic mass is 10.1. The van der Waals surface area contributed by atoms with Gasteiger partial charge in [-0.15, -0.1) is 0 Å². The van der Waals surface area contributed by atoms with Crippen molar-refractivity contribution in [1.29, 1.82) is 0 Å². The lowest BCUT2D eigenvalue weighted by molar-refractivity contribution is 0.0898. The molecule has 0 spiro atoms. The van der Waals surface area contributed by atoms with Gasteiger partial charge in [-0.3, -0.25) is 0 Å². The molecule has 1 aliphatic heterocycles. The van der Waals surface area contributed by atoms with Crippen LogP contribution in [0.3, 0.4) is 0 Å². The summed E-state index contributed by atoms with van der Waals surface area (Å²) in [6, 6.07) is 4.53. The molecular formula is C13H19N3O. The van der Waals surface area contributed by atoms with Crippen molar-refractivity contribution in [3.05, 3.63) is 18.3 Å². The van der Waals surface area contributed by atoms with Gasteiger partial charge < -0.3 is 15.4 Å². The van der Waals surface area contributed by atoms with Crippen LogP contribution in [0.25, 0.3) is 0 Å². The molecule has 0 bridgehead atoms. The Balaban J connectivity index is 1.68. The first-order chi connectivity index (χ1) is 8.36. The highest BCUT2D eigenvalue weighted by atomic mass is 16.5. The molecular weight excluding hydrogens is 214 g/mol. The van der Waals surface area contributed by atoms with E-state index in [2.05, 4.69) is 15.6 Å². The van der Waals surface area contributed by atoms with E-state index >= 15 is 0 Å². The van der Waals surface area contributed by atoms with E-state index in [1.807, 2.05) is 25.4 Å². The minimum Gasteiger partial charge on any atom is -0.379 e. The minimum atomic E-state index is 0.418. The average Bonchev–Trinajstić information content (AvgIpc) is 3.11. The van der Waals surface area contributed by atoms with Crippen LogP contribution >= 0.6 is 0 Å². The van der Waals surface area contributed by atoms with Crippen LogP contribution in [0.1, 0.15) is 19.3 Å². The molecule has 1 aromatic rings. The first-order valence-corrected chi connectivity index (χ1v) is 6.39. The van der Waals surface area contributed by atoms with Gasteiger partial charge in [-0.2, -0.15) is 0 Å². The fourth-order valence-electron chi connectivity index (χ4n) is 2.53. The van der Waals surface area contributed by atoms with Crippen molar-refractivity contribution in [2.45, 2.75) is 31.4 Å². The van der Waals surface area contributed by atoms with Gasteiger partial charge in [0.15, 0.2) is 0 Å². The van der Waals surface area contributed by atoms with E-state index in [1.165, 1.54) is 12.8 Å². The van der Waals surface area contributed by atoms with Crippen molar-refractivity contribution < 1.29 is 4.74 Å². The topological polar surface area (TPSA) is 46.2 Å². The fourth-order valence-corrected chi connectivity index (χ4v) is 2.53. The van der Waals surface area contributed by atoms with Crippen molar-refractivity contribution in [1.82, 2.24) is 4.98 Å². The van der Waals surface area contributed by atoms with Gasteiger partial charge in [-0.05, 0) is 31.2 Å². The van der Waals surface area contributed by atoms with Crippen LogP contribution in [0.4, 0.5) is 11.5 Å². The Morgan fingerprint density at radius 1 is 1.35 bits per heavy atom. The maximum Gasteiger partial charge on any atom is 0.127 e. The van der Waals surface area contributed by atoms with Gasteiger partial charge in [0.25, 0.3) is 0 Å². The minimum absolute atomic E-state index is 0.418. The first kappa shape index (κ1) is 10.8. The van der Waals surface area contributed by atoms with Gasteiger partial charge in [-0.1, -0.05) is 0 Å². The predicted molar refractivity (Wildman–Crippen MR) is 68.3 cm³/mol. The van der Waals surface area contributed by atoms with E-state index in [0.717, 1.165) is 30.5 Å². The highest BCUT2D eigenvalue weighted by molar-refractivity contribution is 5.52. The highest BCUT2D eigenvalue weighted by Crippen LogP contribution is 2.39. The Morgan fingerprint density at radius 2 is 2.24 bits per heavy atom. The summed E-state index contributed by atoms with van der Waals surface area (Å²) in [7, 11) is 1.89. The van der Waals surface area contributed by atoms with Crippen molar-refractivity contribution in [3.63, 3.8) is 0 Å². The highest BCUT2D eigenvalue weighted by Gasteiger charge is 2.40. The summed E-state index contributed by atoms with van der Waals surface area (Å²) >= 11 is 0. The summed E-state index contributed by atoms with van der Waals surface area (Å²) in [5.41, 5.74) is 1.13. The Bertz CT molecular complexity index is 392. The lowest BCUT2D eigenvalue weighted by Gasteiger charge is -2.20. The molecule has 2 atom stereocenters. The molecule has 92 valence electrons. The maximum absolute atomic E-state index is 5.82. The Hall–Kier alpha value is -1.29. The normalized spacial score (nSPS) is 28.1.